The molecule has 0 atom stereocenters. The Morgan fingerprint density at radius 1 is 1.08 bits per heavy atom. The number of hydrogen-bond donors (Lipinski definition) is 1. The Labute approximate surface area is 174 Å². The molecule has 0 aromatic carbocycles. The largest absolute Gasteiger partial charge is 0.461 e. The molecule has 0 aliphatic heterocycles. The van der Waals surface area contributed by atoms with Crippen LogP contribution in [-0.4, -0.2) is 33.4 Å². The van der Waals surface area contributed by atoms with Gasteiger partial charge in [0.25, 0.3) is 5.91 Å². The molecule has 3 aromatic rings. The van der Waals surface area contributed by atoms with Crippen LogP contribution in [0, 0.1) is 0 Å². The second-order valence-electron chi connectivity index (χ2n) is 4.38. The number of aromatic nitrogens is 3. The van der Waals surface area contributed by atoms with Crippen LogP contribution in [-0.2, 0) is 4.74 Å². The molecule has 0 bridgehead atoms. The number of amides is 1. The fourth-order valence-corrected chi connectivity index (χ4v) is 3.51. The van der Waals surface area contributed by atoms with Gasteiger partial charge in [-0.3, -0.25) is 9.78 Å². The monoisotopic (exact) mass is 518 g/mol. The molecule has 0 saturated heterocycles. The third kappa shape index (κ3) is 6.56. The van der Waals surface area contributed by atoms with Gasteiger partial charge in [0.2, 0.25) is 0 Å². The lowest BCUT2D eigenvalue weighted by atomic mass is 10.4. The van der Waals surface area contributed by atoms with Crippen molar-refractivity contribution >= 4 is 72.1 Å². The van der Waals surface area contributed by atoms with E-state index in [-0.39, 0.29) is 11.9 Å². The molecule has 1 amide bonds. The van der Waals surface area contributed by atoms with E-state index in [4.69, 9.17) is 4.74 Å². The van der Waals surface area contributed by atoms with Gasteiger partial charge in [-0.05, 0) is 50.9 Å². The number of nitrogens with one attached hydrogen (secondary N) is 1. The number of halogens is 2. The zero-order valence-electron chi connectivity index (χ0n) is 13.3. The van der Waals surface area contributed by atoms with E-state index in [0.717, 1.165) is 0 Å². The summed E-state index contributed by atoms with van der Waals surface area (Å²) >= 11 is 9.09. The number of rotatable bonds is 4. The summed E-state index contributed by atoms with van der Waals surface area (Å²) in [7, 11) is 0. The fraction of sp³-hybridized carbons (Fsp3) is 0.133. The van der Waals surface area contributed by atoms with E-state index < -0.39 is 0 Å². The van der Waals surface area contributed by atoms with Crippen LogP contribution in [0.4, 0.5) is 5.69 Å². The van der Waals surface area contributed by atoms with Crippen molar-refractivity contribution in [2.75, 3.05) is 11.9 Å². The molecule has 0 fully saturated rings. The maximum Gasteiger partial charge on any atom is 0.357 e. The average molecular weight is 520 g/mol. The molecule has 7 nitrogen and oxygen atoms in total. The summed E-state index contributed by atoms with van der Waals surface area (Å²) < 4.78 is 6.12. The first-order valence-corrected chi connectivity index (χ1v) is 10.4. The summed E-state index contributed by atoms with van der Waals surface area (Å²) in [6.07, 6.45) is 3.24. The minimum Gasteiger partial charge on any atom is -0.461 e. The predicted octanol–water partition coefficient (Wildman–Crippen LogP) is 4.64. The van der Waals surface area contributed by atoms with E-state index in [9.17, 15) is 9.59 Å². The molecule has 0 saturated carbocycles. The van der Waals surface area contributed by atoms with E-state index in [1.54, 1.807) is 42.2 Å². The van der Waals surface area contributed by atoms with Gasteiger partial charge in [0.15, 0.2) is 13.5 Å². The minimum atomic E-state index is -0.366. The maximum absolute atomic E-state index is 11.6. The van der Waals surface area contributed by atoms with Crippen LogP contribution >= 0.6 is 54.5 Å². The highest BCUT2D eigenvalue weighted by Gasteiger charge is 2.10. The highest BCUT2D eigenvalue weighted by atomic mass is 79.9. The summed E-state index contributed by atoms with van der Waals surface area (Å²) in [5.74, 6) is -0.586. The average Bonchev–Trinajstić information content (AvgIpc) is 3.25. The number of thiazole rings is 2. The molecule has 0 radical (unpaired) electrons. The van der Waals surface area contributed by atoms with Gasteiger partial charge in [0.05, 0.1) is 6.61 Å². The smallest absolute Gasteiger partial charge is 0.357 e. The molecule has 0 spiro atoms. The number of carbonyl (C=O) groups excluding carboxylic acids is 2. The molecule has 0 aliphatic rings. The van der Waals surface area contributed by atoms with Crippen molar-refractivity contribution in [1.29, 1.82) is 0 Å². The Bertz CT molecular complexity index is 871. The number of esters is 1. The number of ether oxygens (including phenoxy) is 1. The lowest BCUT2D eigenvalue weighted by Crippen LogP contribution is -2.12. The molecule has 1 N–H and O–H groups in total. The second kappa shape index (κ2) is 10.5. The lowest BCUT2D eigenvalue weighted by molar-refractivity contribution is 0.0520. The quantitative estimate of drug-likeness (QED) is 0.505. The third-order valence-electron chi connectivity index (χ3n) is 2.61. The van der Waals surface area contributed by atoms with Gasteiger partial charge in [-0.2, -0.15) is 0 Å². The van der Waals surface area contributed by atoms with Gasteiger partial charge in [-0.1, -0.05) is 0 Å². The molecule has 0 aliphatic carbocycles. The molecule has 0 unspecified atom stereocenters. The summed E-state index contributed by atoms with van der Waals surface area (Å²) in [6, 6.07) is 3.44. The van der Waals surface area contributed by atoms with Crippen LogP contribution in [0.2, 0.25) is 0 Å². The zero-order valence-corrected chi connectivity index (χ0v) is 18.1. The van der Waals surface area contributed by atoms with E-state index in [2.05, 4.69) is 52.1 Å². The SMILES string of the molecule is CCOC(=O)c1csc(Br)n1.O=C(Nc1ccncc1)c1csc(Br)n1. The van der Waals surface area contributed by atoms with Crippen LogP contribution in [0.3, 0.4) is 0 Å². The van der Waals surface area contributed by atoms with Crippen LogP contribution in [0.1, 0.15) is 27.9 Å². The normalized spacial score (nSPS) is 9.81. The van der Waals surface area contributed by atoms with Crippen LogP contribution in [0.5, 0.6) is 0 Å². The number of hydrogen-bond acceptors (Lipinski definition) is 8. The van der Waals surface area contributed by atoms with Crippen LogP contribution in [0.15, 0.2) is 43.1 Å². The molecule has 26 heavy (non-hydrogen) atoms. The lowest BCUT2D eigenvalue weighted by Gasteiger charge is -2.00. The highest BCUT2D eigenvalue weighted by molar-refractivity contribution is 9.11. The van der Waals surface area contributed by atoms with Crippen molar-refractivity contribution in [3.05, 3.63) is 54.5 Å². The number of anilines is 1. The van der Waals surface area contributed by atoms with E-state index >= 15 is 0 Å². The summed E-state index contributed by atoms with van der Waals surface area (Å²) in [5, 5.41) is 6.07. The summed E-state index contributed by atoms with van der Waals surface area (Å²) in [6.45, 7) is 2.15. The van der Waals surface area contributed by atoms with E-state index in [1.165, 1.54) is 22.7 Å². The second-order valence-corrected chi connectivity index (χ2v) is 8.65. The number of nitrogens with zero attached hydrogens (tertiary/aromatic N) is 3. The van der Waals surface area contributed by atoms with Crippen molar-refractivity contribution in [3.8, 4) is 0 Å². The fourth-order valence-electron chi connectivity index (χ4n) is 1.54. The van der Waals surface area contributed by atoms with Crippen molar-refractivity contribution < 1.29 is 14.3 Å². The van der Waals surface area contributed by atoms with Crippen LogP contribution in [0.25, 0.3) is 0 Å². The molecule has 136 valence electrons. The van der Waals surface area contributed by atoms with Crippen molar-refractivity contribution in [2.24, 2.45) is 0 Å². The van der Waals surface area contributed by atoms with Gasteiger partial charge in [0.1, 0.15) is 5.69 Å². The first kappa shape index (κ1) is 20.6. The molecule has 11 heteroatoms. The zero-order chi connectivity index (χ0) is 18.9. The molecular formula is C15H12Br2N4O3S2. The first-order valence-electron chi connectivity index (χ1n) is 7.10. The van der Waals surface area contributed by atoms with Gasteiger partial charge in [-0.25, -0.2) is 14.8 Å². The summed E-state index contributed by atoms with van der Waals surface area (Å²) in [4.78, 5) is 34.3. The van der Waals surface area contributed by atoms with Crippen molar-refractivity contribution in [2.45, 2.75) is 6.92 Å². The maximum atomic E-state index is 11.6. The van der Waals surface area contributed by atoms with Gasteiger partial charge < -0.3 is 10.1 Å². The van der Waals surface area contributed by atoms with Gasteiger partial charge in [-0.15, -0.1) is 22.7 Å². The predicted molar refractivity (Wildman–Crippen MR) is 108 cm³/mol. The molecular weight excluding hydrogens is 508 g/mol. The topological polar surface area (TPSA) is 94.1 Å². The Kier molecular flexibility index (Phi) is 8.29. The minimum absolute atomic E-state index is 0.219. The first-order chi connectivity index (χ1) is 12.5. The number of carbonyl (C=O) groups is 2. The van der Waals surface area contributed by atoms with Gasteiger partial charge >= 0.3 is 5.97 Å². The van der Waals surface area contributed by atoms with Crippen LogP contribution < -0.4 is 5.32 Å². The molecule has 3 rings (SSSR count). The Morgan fingerprint density at radius 2 is 1.65 bits per heavy atom. The molecule has 3 aromatic heterocycles. The number of pyridine rings is 1. The Hall–Kier alpha value is -1.69. The Morgan fingerprint density at radius 3 is 2.15 bits per heavy atom. The highest BCUT2D eigenvalue weighted by Crippen LogP contribution is 2.17. The molecule has 3 heterocycles. The Balaban J connectivity index is 0.000000197. The standard InChI is InChI=1S/C9H6BrN3OS.C6H6BrNO2S/c10-9-13-7(5-15-9)8(14)12-6-1-3-11-4-2-6;1-2-10-5(9)4-3-11-6(7)8-4/h1-5H,(H,11,12,14);3H,2H2,1H3. The third-order valence-corrected chi connectivity index (χ3v) is 5.34. The van der Waals surface area contributed by atoms with Crippen molar-refractivity contribution in [1.82, 2.24) is 15.0 Å². The van der Waals surface area contributed by atoms with E-state index in [0.29, 0.717) is 31.5 Å². The van der Waals surface area contributed by atoms with E-state index in [1.807, 2.05) is 0 Å². The van der Waals surface area contributed by atoms with Crippen molar-refractivity contribution in [3.63, 3.8) is 0 Å². The van der Waals surface area contributed by atoms with Gasteiger partial charge in [0, 0.05) is 28.8 Å². The summed E-state index contributed by atoms with van der Waals surface area (Å²) in [5.41, 5.74) is 1.48.